The Morgan fingerprint density at radius 3 is 1.20 bits per heavy atom. The summed E-state index contributed by atoms with van der Waals surface area (Å²) in [6.45, 7) is -2.72. The van der Waals surface area contributed by atoms with Crippen molar-refractivity contribution < 1.29 is 109 Å². The molecule has 22 heteroatoms. The van der Waals surface area contributed by atoms with Crippen molar-refractivity contribution in [1.82, 2.24) is 0 Å². The number of ether oxygens (including phenoxy) is 7. The van der Waals surface area contributed by atoms with Crippen molar-refractivity contribution in [2.24, 2.45) is 0 Å². The first-order chi connectivity index (χ1) is 21.7. The lowest BCUT2D eigenvalue weighted by molar-refractivity contribution is -0.386. The molecular formula is C24H40O22. The Bertz CT molecular complexity index is 986. The van der Waals surface area contributed by atoms with Gasteiger partial charge in [-0.05, 0) is 0 Å². The first-order valence-electron chi connectivity index (χ1n) is 14.1. The number of aliphatic hydroxyl groups excluding tert-OH is 13. The van der Waals surface area contributed by atoms with Crippen molar-refractivity contribution in [3.8, 4) is 0 Å². The van der Waals surface area contributed by atoms with E-state index in [-0.39, 0.29) is 0 Å². The average Bonchev–Trinajstić information content (AvgIpc) is 3.03. The highest BCUT2D eigenvalue weighted by atomic mass is 16.8. The monoisotopic (exact) mass is 680 g/mol. The Hall–Kier alpha value is -1.33. The van der Waals surface area contributed by atoms with E-state index in [0.29, 0.717) is 0 Å². The maximum atomic E-state index is 11.4. The summed E-state index contributed by atoms with van der Waals surface area (Å²) >= 11 is 0. The van der Waals surface area contributed by atoms with Gasteiger partial charge in [-0.15, -0.1) is 0 Å². The van der Waals surface area contributed by atoms with E-state index in [1.165, 1.54) is 0 Å². The molecule has 46 heavy (non-hydrogen) atoms. The molecule has 0 bridgehead atoms. The minimum Gasteiger partial charge on any atom is -0.479 e. The molecular weight excluding hydrogens is 640 g/mol. The molecule has 22 nitrogen and oxygen atoms in total. The van der Waals surface area contributed by atoms with Crippen LogP contribution >= 0.6 is 0 Å². The molecule has 0 aliphatic carbocycles. The topological polar surface area (TPSA) is 365 Å². The van der Waals surface area contributed by atoms with Gasteiger partial charge in [-0.25, -0.2) is 4.79 Å². The fraction of sp³-hybridized carbons (Fsp3) is 0.958. The van der Waals surface area contributed by atoms with Crippen LogP contribution in [0.3, 0.4) is 0 Å². The highest BCUT2D eigenvalue weighted by Crippen LogP contribution is 2.34. The number of aliphatic hydroxyl groups is 13. The van der Waals surface area contributed by atoms with Gasteiger partial charge in [0.25, 0.3) is 0 Å². The van der Waals surface area contributed by atoms with Crippen molar-refractivity contribution >= 4 is 5.97 Å². The SMILES string of the molecule is O=C(O)C1OC(OC2C(CO)OC(OC3C(CO)OC(OC4C(CO)OC(O)C(O)C4O)C(O)C3O)C(O)C2O)C(O)C(O)C1O. The zero-order valence-electron chi connectivity index (χ0n) is 23.7. The largest absolute Gasteiger partial charge is 0.479 e. The summed E-state index contributed by atoms with van der Waals surface area (Å²) in [6, 6.07) is 0. The Balaban J connectivity index is 1.44. The van der Waals surface area contributed by atoms with E-state index >= 15 is 0 Å². The second-order valence-corrected chi connectivity index (χ2v) is 11.2. The van der Waals surface area contributed by atoms with Crippen molar-refractivity contribution in [3.63, 3.8) is 0 Å². The van der Waals surface area contributed by atoms with Gasteiger partial charge in [0.15, 0.2) is 31.3 Å². The Morgan fingerprint density at radius 2 is 0.804 bits per heavy atom. The quantitative estimate of drug-likeness (QED) is 0.102. The Labute approximate surface area is 258 Å². The van der Waals surface area contributed by atoms with Crippen molar-refractivity contribution in [3.05, 3.63) is 0 Å². The minimum atomic E-state index is -2.09. The summed E-state index contributed by atoms with van der Waals surface area (Å²) in [7, 11) is 0. The normalized spacial score (nSPS) is 51.9. The molecule has 268 valence electrons. The maximum Gasteiger partial charge on any atom is 0.335 e. The molecule has 0 aromatic carbocycles. The van der Waals surface area contributed by atoms with Crippen molar-refractivity contribution in [1.29, 1.82) is 0 Å². The standard InChI is InChI=1S/C24H40O22/c25-1-4-16(9(30)12(33)21(39)40-4)43-22-14(35)10(31)17(5(2-26)41-22)44-23-15(36)11(32)18(6(3-27)42-23)45-24-13(34)7(28)8(29)19(46-24)20(37)38/h4-19,21-36,39H,1-3H2,(H,37,38). The smallest absolute Gasteiger partial charge is 0.335 e. The third-order valence-corrected chi connectivity index (χ3v) is 8.17. The second kappa shape index (κ2) is 15.5. The number of carboxylic acid groups (broad SMARTS) is 1. The van der Waals surface area contributed by atoms with Gasteiger partial charge < -0.3 is 105 Å². The van der Waals surface area contributed by atoms with Crippen LogP contribution in [0.1, 0.15) is 0 Å². The molecule has 0 spiro atoms. The molecule has 4 heterocycles. The molecule has 4 saturated heterocycles. The van der Waals surface area contributed by atoms with Crippen LogP contribution < -0.4 is 0 Å². The fourth-order valence-corrected chi connectivity index (χ4v) is 5.53. The average molecular weight is 681 g/mol. The van der Waals surface area contributed by atoms with Crippen LogP contribution in [0.25, 0.3) is 0 Å². The van der Waals surface area contributed by atoms with Crippen LogP contribution in [0, 0.1) is 0 Å². The van der Waals surface area contributed by atoms with Gasteiger partial charge in [0.2, 0.25) is 0 Å². The molecule has 0 aromatic rings. The fourth-order valence-electron chi connectivity index (χ4n) is 5.53. The lowest BCUT2D eigenvalue weighted by atomic mass is 9.95. The van der Waals surface area contributed by atoms with E-state index in [2.05, 4.69) is 0 Å². The Kier molecular flexibility index (Phi) is 12.6. The Morgan fingerprint density at radius 1 is 0.457 bits per heavy atom. The van der Waals surface area contributed by atoms with Crippen LogP contribution in [-0.4, -0.2) is 220 Å². The molecule has 20 atom stereocenters. The summed E-state index contributed by atoms with van der Waals surface area (Å²) in [4.78, 5) is 11.4. The first kappa shape index (κ1) is 37.5. The van der Waals surface area contributed by atoms with Gasteiger partial charge in [-0.2, -0.15) is 0 Å². The van der Waals surface area contributed by atoms with Gasteiger partial charge in [-0.1, -0.05) is 0 Å². The van der Waals surface area contributed by atoms with Crippen molar-refractivity contribution in [2.75, 3.05) is 19.8 Å². The number of rotatable bonds is 10. The zero-order valence-corrected chi connectivity index (χ0v) is 23.7. The number of hydrogen-bond acceptors (Lipinski definition) is 21. The highest BCUT2D eigenvalue weighted by molar-refractivity contribution is 5.73. The molecule has 4 aliphatic heterocycles. The summed E-state index contributed by atoms with van der Waals surface area (Å²) in [5, 5.41) is 142. The molecule has 0 amide bonds. The minimum absolute atomic E-state index is 0.823. The van der Waals surface area contributed by atoms with Crippen LogP contribution in [0.5, 0.6) is 0 Å². The lowest BCUT2D eigenvalue weighted by Crippen LogP contribution is -2.67. The molecule has 0 radical (unpaired) electrons. The third kappa shape index (κ3) is 7.31. The van der Waals surface area contributed by atoms with E-state index < -0.39 is 149 Å². The summed E-state index contributed by atoms with van der Waals surface area (Å²) < 4.78 is 37.2. The van der Waals surface area contributed by atoms with Crippen LogP contribution in [0.4, 0.5) is 0 Å². The van der Waals surface area contributed by atoms with E-state index in [0.717, 1.165) is 0 Å². The molecule has 4 fully saturated rings. The highest BCUT2D eigenvalue weighted by Gasteiger charge is 2.55. The van der Waals surface area contributed by atoms with Crippen LogP contribution in [0.2, 0.25) is 0 Å². The molecule has 0 aromatic heterocycles. The third-order valence-electron chi connectivity index (χ3n) is 8.17. The second-order valence-electron chi connectivity index (χ2n) is 11.2. The predicted octanol–water partition coefficient (Wildman–Crippen LogP) is -9.66. The van der Waals surface area contributed by atoms with E-state index in [1.54, 1.807) is 0 Å². The van der Waals surface area contributed by atoms with E-state index in [4.69, 9.17) is 33.2 Å². The number of aliphatic carboxylic acids is 1. The van der Waals surface area contributed by atoms with Crippen LogP contribution in [0.15, 0.2) is 0 Å². The number of carbonyl (C=O) groups is 1. The molecule has 0 saturated carbocycles. The van der Waals surface area contributed by atoms with Crippen molar-refractivity contribution in [2.45, 2.75) is 123 Å². The van der Waals surface area contributed by atoms with Gasteiger partial charge in [0.1, 0.15) is 91.6 Å². The van der Waals surface area contributed by atoms with Gasteiger partial charge in [0.05, 0.1) is 19.8 Å². The molecule has 14 N–H and O–H groups in total. The van der Waals surface area contributed by atoms with Gasteiger partial charge in [-0.3, -0.25) is 0 Å². The first-order valence-corrected chi connectivity index (χ1v) is 14.1. The van der Waals surface area contributed by atoms with E-state index in [9.17, 15) is 76.3 Å². The lowest BCUT2D eigenvalue weighted by Gasteiger charge is -2.48. The molecule has 4 aliphatic rings. The van der Waals surface area contributed by atoms with Gasteiger partial charge >= 0.3 is 5.97 Å². The summed E-state index contributed by atoms with van der Waals surface area (Å²) in [5.74, 6) is -1.73. The van der Waals surface area contributed by atoms with Crippen LogP contribution in [-0.2, 0) is 38.0 Å². The number of hydrogen-bond donors (Lipinski definition) is 14. The molecule has 4 rings (SSSR count). The summed E-state index contributed by atoms with van der Waals surface area (Å²) in [6.07, 6.45) is -37.7. The summed E-state index contributed by atoms with van der Waals surface area (Å²) in [5.41, 5.74) is 0. The molecule has 20 unspecified atom stereocenters. The van der Waals surface area contributed by atoms with E-state index in [1.807, 2.05) is 0 Å². The van der Waals surface area contributed by atoms with Gasteiger partial charge in [0, 0.05) is 0 Å². The predicted molar refractivity (Wildman–Crippen MR) is 134 cm³/mol. The zero-order chi connectivity index (χ0) is 34.2. The maximum absolute atomic E-state index is 11.4. The number of carboxylic acids is 1.